The quantitative estimate of drug-likeness (QED) is 0.195. The first-order valence-electron chi connectivity index (χ1n) is 12.1. The van der Waals surface area contributed by atoms with Gasteiger partial charge in [-0.1, -0.05) is 54.2 Å². The fourth-order valence-electron chi connectivity index (χ4n) is 4.18. The average Bonchev–Trinajstić information content (AvgIpc) is 3.20. The molecule has 5 rings (SSSR count). The predicted octanol–water partition coefficient (Wildman–Crippen LogP) is 5.54. The third-order valence-corrected chi connectivity index (χ3v) is 6.94. The van der Waals surface area contributed by atoms with Crippen molar-refractivity contribution in [1.82, 2.24) is 25.1 Å². The number of rotatable bonds is 10. The van der Waals surface area contributed by atoms with Crippen LogP contribution in [0.25, 0.3) is 22.1 Å². The van der Waals surface area contributed by atoms with E-state index in [4.69, 9.17) is 4.98 Å². The van der Waals surface area contributed by atoms with Crippen molar-refractivity contribution in [2.24, 2.45) is 0 Å². The van der Waals surface area contributed by atoms with Crippen LogP contribution in [0.3, 0.4) is 0 Å². The summed E-state index contributed by atoms with van der Waals surface area (Å²) in [6, 6.07) is 20.8. The van der Waals surface area contributed by atoms with E-state index in [-0.39, 0.29) is 17.5 Å². The standard InChI is InChI=1S/C28H25F2N5OS/c29-21-10-8-20(9-11-21)18-35-24-13-12-22(30)17-23(24)26-27(35)32-28(34-33-26)37-16-4-7-25(36)31-15-14-19-5-2-1-3-6-19/h1-3,5-6,8-13,17H,4,7,14-16,18H2,(H,31,36). The fraction of sp³-hybridized carbons (Fsp3) is 0.214. The van der Waals surface area contributed by atoms with Gasteiger partial charge < -0.3 is 9.88 Å². The summed E-state index contributed by atoms with van der Waals surface area (Å²) >= 11 is 1.43. The molecule has 0 aliphatic rings. The van der Waals surface area contributed by atoms with Gasteiger partial charge in [-0.2, -0.15) is 0 Å². The molecule has 0 aliphatic carbocycles. The van der Waals surface area contributed by atoms with Gasteiger partial charge in [-0.3, -0.25) is 4.79 Å². The first-order valence-corrected chi connectivity index (χ1v) is 13.1. The normalized spacial score (nSPS) is 11.3. The Kier molecular flexibility index (Phi) is 7.70. The lowest BCUT2D eigenvalue weighted by Gasteiger charge is -2.08. The van der Waals surface area contributed by atoms with Gasteiger partial charge in [0.05, 0.1) is 5.52 Å². The molecule has 5 aromatic rings. The number of hydrogen-bond donors (Lipinski definition) is 1. The third-order valence-electron chi connectivity index (χ3n) is 6.02. The summed E-state index contributed by atoms with van der Waals surface area (Å²) in [5.74, 6) is 0.00949. The summed E-state index contributed by atoms with van der Waals surface area (Å²) in [6.07, 6.45) is 1.89. The number of thioether (sulfide) groups is 1. The van der Waals surface area contributed by atoms with Crippen LogP contribution in [-0.4, -0.2) is 38.0 Å². The molecule has 0 fully saturated rings. The van der Waals surface area contributed by atoms with E-state index in [2.05, 4.69) is 15.5 Å². The van der Waals surface area contributed by atoms with Crippen molar-refractivity contribution < 1.29 is 13.6 Å². The molecule has 0 aliphatic heterocycles. The molecule has 1 N–H and O–H groups in total. The minimum Gasteiger partial charge on any atom is -0.356 e. The summed E-state index contributed by atoms with van der Waals surface area (Å²) in [6.45, 7) is 1.04. The van der Waals surface area contributed by atoms with E-state index in [9.17, 15) is 13.6 Å². The maximum atomic E-state index is 14.0. The van der Waals surface area contributed by atoms with E-state index in [1.54, 1.807) is 18.2 Å². The summed E-state index contributed by atoms with van der Waals surface area (Å²) in [5.41, 5.74) is 3.95. The Labute approximate surface area is 217 Å². The molecule has 0 unspecified atom stereocenters. The highest BCUT2D eigenvalue weighted by molar-refractivity contribution is 7.99. The van der Waals surface area contributed by atoms with Crippen molar-refractivity contribution >= 4 is 39.7 Å². The van der Waals surface area contributed by atoms with Gasteiger partial charge in [-0.15, -0.1) is 10.2 Å². The van der Waals surface area contributed by atoms with Gasteiger partial charge in [0.1, 0.15) is 17.2 Å². The molecule has 6 nitrogen and oxygen atoms in total. The molecule has 0 bridgehead atoms. The maximum absolute atomic E-state index is 14.0. The van der Waals surface area contributed by atoms with Crippen molar-refractivity contribution in [3.8, 4) is 0 Å². The minimum atomic E-state index is -0.365. The van der Waals surface area contributed by atoms with Crippen LogP contribution in [0.5, 0.6) is 0 Å². The topological polar surface area (TPSA) is 72.7 Å². The summed E-state index contributed by atoms with van der Waals surface area (Å²) in [7, 11) is 0. The number of fused-ring (bicyclic) bond motifs is 3. The van der Waals surface area contributed by atoms with Crippen molar-refractivity contribution in [3.05, 3.63) is 95.6 Å². The lowest BCUT2D eigenvalue weighted by Crippen LogP contribution is -2.25. The highest BCUT2D eigenvalue weighted by atomic mass is 32.2. The number of nitrogens with one attached hydrogen (secondary N) is 1. The zero-order valence-corrected chi connectivity index (χ0v) is 20.8. The number of aromatic nitrogens is 4. The van der Waals surface area contributed by atoms with Crippen LogP contribution in [-0.2, 0) is 17.8 Å². The number of hydrogen-bond acceptors (Lipinski definition) is 5. The number of carbonyl (C=O) groups excluding carboxylic acids is 1. The predicted molar refractivity (Wildman–Crippen MR) is 141 cm³/mol. The van der Waals surface area contributed by atoms with Gasteiger partial charge in [0.25, 0.3) is 0 Å². The zero-order chi connectivity index (χ0) is 25.6. The second-order valence-electron chi connectivity index (χ2n) is 8.68. The van der Waals surface area contributed by atoms with E-state index in [1.807, 2.05) is 34.9 Å². The molecule has 0 spiro atoms. The molecule has 3 aromatic carbocycles. The zero-order valence-electron chi connectivity index (χ0n) is 20.0. The molecule has 2 aromatic heterocycles. The van der Waals surface area contributed by atoms with Gasteiger partial charge >= 0.3 is 0 Å². The van der Waals surface area contributed by atoms with E-state index < -0.39 is 0 Å². The van der Waals surface area contributed by atoms with E-state index in [0.717, 1.165) is 17.5 Å². The second kappa shape index (κ2) is 11.5. The largest absolute Gasteiger partial charge is 0.356 e. The van der Waals surface area contributed by atoms with Crippen molar-refractivity contribution in [2.75, 3.05) is 12.3 Å². The van der Waals surface area contributed by atoms with E-state index >= 15 is 0 Å². The number of halogens is 2. The highest BCUT2D eigenvalue weighted by Gasteiger charge is 2.16. The van der Waals surface area contributed by atoms with E-state index in [0.29, 0.717) is 53.4 Å². The van der Waals surface area contributed by atoms with Gasteiger partial charge in [0.2, 0.25) is 11.1 Å². The molecule has 37 heavy (non-hydrogen) atoms. The third kappa shape index (κ3) is 6.11. The Morgan fingerprint density at radius 1 is 0.919 bits per heavy atom. The summed E-state index contributed by atoms with van der Waals surface area (Å²) < 4.78 is 29.3. The summed E-state index contributed by atoms with van der Waals surface area (Å²) in [4.78, 5) is 16.9. The Bertz CT molecular complexity index is 1520. The Hall–Kier alpha value is -3.85. The highest BCUT2D eigenvalue weighted by Crippen LogP contribution is 2.29. The van der Waals surface area contributed by atoms with Crippen molar-refractivity contribution in [1.29, 1.82) is 0 Å². The number of carbonyl (C=O) groups is 1. The Morgan fingerprint density at radius 3 is 2.51 bits per heavy atom. The molecule has 2 heterocycles. The average molecular weight is 518 g/mol. The summed E-state index contributed by atoms with van der Waals surface area (Å²) in [5, 5.41) is 12.7. The number of nitrogens with zero attached hydrogens (tertiary/aromatic N) is 4. The van der Waals surface area contributed by atoms with Gasteiger partial charge in [-0.25, -0.2) is 13.8 Å². The lowest BCUT2D eigenvalue weighted by molar-refractivity contribution is -0.121. The molecule has 9 heteroatoms. The Balaban J connectivity index is 1.24. The van der Waals surface area contributed by atoms with Crippen LogP contribution < -0.4 is 5.32 Å². The van der Waals surface area contributed by atoms with Crippen LogP contribution in [0.15, 0.2) is 78.0 Å². The van der Waals surface area contributed by atoms with Crippen LogP contribution in [0, 0.1) is 11.6 Å². The van der Waals surface area contributed by atoms with Crippen LogP contribution in [0.4, 0.5) is 8.78 Å². The van der Waals surface area contributed by atoms with Crippen LogP contribution in [0.2, 0.25) is 0 Å². The minimum absolute atomic E-state index is 0.0208. The lowest BCUT2D eigenvalue weighted by atomic mass is 10.1. The van der Waals surface area contributed by atoms with E-state index in [1.165, 1.54) is 41.6 Å². The smallest absolute Gasteiger partial charge is 0.220 e. The first-order chi connectivity index (χ1) is 18.1. The molecule has 188 valence electrons. The van der Waals surface area contributed by atoms with Gasteiger partial charge in [-0.05, 0) is 54.3 Å². The molecular formula is C28H25F2N5OS. The van der Waals surface area contributed by atoms with Crippen molar-refractivity contribution in [3.63, 3.8) is 0 Å². The molecule has 0 atom stereocenters. The van der Waals surface area contributed by atoms with Crippen LogP contribution >= 0.6 is 11.8 Å². The van der Waals surface area contributed by atoms with Crippen LogP contribution in [0.1, 0.15) is 24.0 Å². The van der Waals surface area contributed by atoms with Gasteiger partial charge in [0, 0.05) is 30.6 Å². The number of benzene rings is 3. The SMILES string of the molecule is O=C(CCCSc1nnc2c3cc(F)ccc3n(Cc3ccc(F)cc3)c2n1)NCCc1ccccc1. The molecule has 0 saturated carbocycles. The second-order valence-corrected chi connectivity index (χ2v) is 9.74. The monoisotopic (exact) mass is 517 g/mol. The van der Waals surface area contributed by atoms with Gasteiger partial charge in [0.15, 0.2) is 5.65 Å². The van der Waals surface area contributed by atoms with Crippen molar-refractivity contribution in [2.45, 2.75) is 31.0 Å². The maximum Gasteiger partial charge on any atom is 0.220 e. The molecule has 0 saturated heterocycles. The Morgan fingerprint density at radius 2 is 1.70 bits per heavy atom. The number of amides is 1. The molecule has 1 amide bonds. The fourth-order valence-corrected chi connectivity index (χ4v) is 4.90. The first kappa shape index (κ1) is 24.8. The molecular weight excluding hydrogens is 492 g/mol. The molecule has 0 radical (unpaired) electrons.